The summed E-state index contributed by atoms with van der Waals surface area (Å²) in [5.74, 6) is -2.11. The Morgan fingerprint density at radius 2 is 0.412 bits per heavy atom. The first kappa shape index (κ1) is 95.1. The number of rotatable bonds is 79. The van der Waals surface area contributed by atoms with Crippen LogP contribution in [-0.4, -0.2) is 96.7 Å². The maximum atomic E-state index is 13.1. The molecule has 0 aromatic rings. The van der Waals surface area contributed by atoms with Crippen molar-refractivity contribution in [2.45, 2.75) is 438 Å². The van der Waals surface area contributed by atoms with E-state index in [2.05, 4.69) is 27.7 Å². The molecule has 0 rings (SSSR count). The average molecular weight is 1420 g/mol. The largest absolute Gasteiger partial charge is 0.472 e. The van der Waals surface area contributed by atoms with E-state index in [1.807, 2.05) is 0 Å². The van der Waals surface area contributed by atoms with Crippen LogP contribution in [0.5, 0.6) is 0 Å². The molecule has 3 N–H and O–H groups in total. The molecule has 0 spiro atoms. The minimum Gasteiger partial charge on any atom is -0.462 e. The minimum atomic E-state index is -4.96. The molecule has 0 aliphatic rings. The Labute approximate surface area is 594 Å². The number of hydrogen-bond acceptors (Lipinski definition) is 15. The van der Waals surface area contributed by atoms with Gasteiger partial charge in [-0.25, -0.2) is 9.13 Å². The zero-order valence-corrected chi connectivity index (χ0v) is 64.8. The van der Waals surface area contributed by atoms with Crippen LogP contribution < -0.4 is 0 Å². The van der Waals surface area contributed by atoms with Crippen LogP contribution in [-0.2, 0) is 65.4 Å². The number of phosphoric ester groups is 2. The molecule has 576 valence electrons. The lowest BCUT2D eigenvalue weighted by atomic mass is 10.0. The molecular weight excluding hydrogens is 1270 g/mol. The van der Waals surface area contributed by atoms with Crippen LogP contribution in [0.3, 0.4) is 0 Å². The lowest BCUT2D eigenvalue weighted by Gasteiger charge is -2.21. The number of hydrogen-bond donors (Lipinski definition) is 3. The van der Waals surface area contributed by atoms with Crippen molar-refractivity contribution in [2.24, 2.45) is 0 Å². The van der Waals surface area contributed by atoms with Crippen molar-refractivity contribution in [1.29, 1.82) is 0 Å². The molecule has 17 nitrogen and oxygen atoms in total. The number of esters is 4. The summed E-state index contributed by atoms with van der Waals surface area (Å²) in [6.07, 6.45) is 63.7. The molecule has 0 saturated heterocycles. The number of carbonyl (C=O) groups excluding carboxylic acids is 4. The maximum absolute atomic E-state index is 13.1. The summed E-state index contributed by atoms with van der Waals surface area (Å²) in [4.78, 5) is 72.9. The lowest BCUT2D eigenvalue weighted by Crippen LogP contribution is -2.30. The van der Waals surface area contributed by atoms with Crippen molar-refractivity contribution >= 4 is 39.5 Å². The molecule has 0 saturated carbocycles. The molecule has 0 aromatic carbocycles. The Kier molecular flexibility index (Phi) is 71.0. The van der Waals surface area contributed by atoms with Gasteiger partial charge in [-0.05, 0) is 25.7 Å². The highest BCUT2D eigenvalue weighted by atomic mass is 31.2. The van der Waals surface area contributed by atoms with Crippen molar-refractivity contribution in [3.8, 4) is 0 Å². The fourth-order valence-electron chi connectivity index (χ4n) is 12.1. The second kappa shape index (κ2) is 72.4. The van der Waals surface area contributed by atoms with Gasteiger partial charge in [0.25, 0.3) is 0 Å². The average Bonchev–Trinajstić information content (AvgIpc) is 2.32. The fourth-order valence-corrected chi connectivity index (χ4v) is 13.7. The third-order valence-electron chi connectivity index (χ3n) is 18.4. The summed E-state index contributed by atoms with van der Waals surface area (Å²) >= 11 is 0. The normalized spacial score (nSPS) is 13.8. The maximum Gasteiger partial charge on any atom is 0.472 e. The van der Waals surface area contributed by atoms with Crippen LogP contribution in [0.1, 0.15) is 419 Å². The van der Waals surface area contributed by atoms with Crippen molar-refractivity contribution < 1.29 is 80.2 Å². The van der Waals surface area contributed by atoms with Gasteiger partial charge in [-0.15, -0.1) is 0 Å². The van der Waals surface area contributed by atoms with Crippen molar-refractivity contribution in [2.75, 3.05) is 39.6 Å². The molecule has 0 radical (unpaired) electrons. The van der Waals surface area contributed by atoms with E-state index in [-0.39, 0.29) is 25.7 Å². The second-order valence-electron chi connectivity index (χ2n) is 28.1. The van der Waals surface area contributed by atoms with Gasteiger partial charge in [0.1, 0.15) is 19.3 Å². The third kappa shape index (κ3) is 72.2. The van der Waals surface area contributed by atoms with E-state index < -0.39 is 97.5 Å². The van der Waals surface area contributed by atoms with Crippen molar-refractivity contribution in [3.05, 3.63) is 0 Å². The van der Waals surface area contributed by atoms with Gasteiger partial charge >= 0.3 is 39.5 Å². The van der Waals surface area contributed by atoms with Crippen LogP contribution in [0.4, 0.5) is 0 Å². The predicted molar refractivity (Wildman–Crippen MR) is 395 cm³/mol. The Morgan fingerprint density at radius 1 is 0.247 bits per heavy atom. The van der Waals surface area contributed by atoms with Gasteiger partial charge in [0, 0.05) is 25.7 Å². The van der Waals surface area contributed by atoms with Gasteiger partial charge in [-0.3, -0.25) is 37.3 Å². The van der Waals surface area contributed by atoms with E-state index in [0.29, 0.717) is 25.7 Å². The highest BCUT2D eigenvalue weighted by Gasteiger charge is 2.30. The number of ether oxygens (including phenoxy) is 4. The summed E-state index contributed by atoms with van der Waals surface area (Å²) in [6, 6.07) is 0. The first-order chi connectivity index (χ1) is 47.2. The smallest absolute Gasteiger partial charge is 0.462 e. The van der Waals surface area contributed by atoms with Crippen molar-refractivity contribution in [1.82, 2.24) is 0 Å². The SMILES string of the molecule is CCCCCCCCCCCCCCCCCCCCCCCC(=O)O[C@H](COC(=O)CCCCCCCCCCCCCC)COP(=O)(O)OC[C@@H](O)COP(=O)(O)OC[C@@H](COC(=O)CCCCCCCCCCCCCC)OC(=O)CCCCCCCCCCCCCC. The molecule has 0 aliphatic carbocycles. The van der Waals surface area contributed by atoms with Gasteiger partial charge in [0.15, 0.2) is 12.2 Å². The van der Waals surface area contributed by atoms with E-state index in [1.165, 1.54) is 250 Å². The van der Waals surface area contributed by atoms with E-state index in [4.69, 9.17) is 37.0 Å². The molecule has 0 amide bonds. The van der Waals surface area contributed by atoms with Gasteiger partial charge in [-0.1, -0.05) is 368 Å². The highest BCUT2D eigenvalue weighted by Crippen LogP contribution is 2.45. The minimum absolute atomic E-state index is 0.108. The number of aliphatic hydroxyl groups excluding tert-OH is 1. The number of aliphatic hydroxyl groups is 1. The van der Waals surface area contributed by atoms with Crippen molar-refractivity contribution in [3.63, 3.8) is 0 Å². The summed E-state index contributed by atoms with van der Waals surface area (Å²) in [5, 5.41) is 10.6. The number of phosphoric acid groups is 2. The summed E-state index contributed by atoms with van der Waals surface area (Å²) < 4.78 is 68.6. The van der Waals surface area contributed by atoms with Gasteiger partial charge in [0.05, 0.1) is 26.4 Å². The molecule has 2 unspecified atom stereocenters. The summed E-state index contributed by atoms with van der Waals surface area (Å²) in [5.41, 5.74) is 0. The Morgan fingerprint density at radius 3 is 0.608 bits per heavy atom. The van der Waals surface area contributed by atoms with Crippen LogP contribution >= 0.6 is 15.6 Å². The monoisotopic (exact) mass is 1420 g/mol. The molecule has 0 aromatic heterocycles. The number of carbonyl (C=O) groups is 4. The van der Waals surface area contributed by atoms with Gasteiger partial charge < -0.3 is 33.8 Å². The molecule has 0 fully saturated rings. The van der Waals surface area contributed by atoms with E-state index in [0.717, 1.165) is 89.9 Å². The quantitative estimate of drug-likeness (QED) is 0.0222. The molecule has 97 heavy (non-hydrogen) atoms. The Bertz CT molecular complexity index is 1840. The van der Waals surface area contributed by atoms with Gasteiger partial charge in [0.2, 0.25) is 0 Å². The van der Waals surface area contributed by atoms with Gasteiger partial charge in [-0.2, -0.15) is 0 Å². The second-order valence-corrected chi connectivity index (χ2v) is 31.0. The lowest BCUT2D eigenvalue weighted by molar-refractivity contribution is -0.161. The van der Waals surface area contributed by atoms with Crippen LogP contribution in [0.25, 0.3) is 0 Å². The molecule has 0 bridgehead atoms. The van der Waals surface area contributed by atoms with E-state index >= 15 is 0 Å². The third-order valence-corrected chi connectivity index (χ3v) is 20.3. The molecule has 0 aliphatic heterocycles. The topological polar surface area (TPSA) is 237 Å². The van der Waals surface area contributed by atoms with Crippen LogP contribution in [0.15, 0.2) is 0 Å². The van der Waals surface area contributed by atoms with E-state index in [1.54, 1.807) is 0 Å². The van der Waals surface area contributed by atoms with E-state index in [9.17, 15) is 43.2 Å². The molecular formula is C78H152O17P2. The Balaban J connectivity index is 5.20. The molecule has 0 heterocycles. The number of unbranched alkanes of at least 4 members (excludes halogenated alkanes) is 53. The standard InChI is InChI=1S/C78H152O17P2/c1-5-9-13-17-21-25-29-33-34-35-36-37-38-39-40-41-45-49-53-57-61-65-78(83)95-74(69-89-76(81)63-59-55-51-47-43-31-27-23-19-15-11-7-3)71-93-97(86,87)91-67-72(79)66-90-96(84,85)92-70-73(94-77(82)64-60-56-52-48-44-32-28-24-20-16-12-8-4)68-88-75(80)62-58-54-50-46-42-30-26-22-18-14-10-6-2/h72-74,79H,5-71H2,1-4H3,(H,84,85)(H,86,87)/t72-,73+,74+/m0/s1. The zero-order valence-electron chi connectivity index (χ0n) is 63.1. The fraction of sp³-hybridized carbons (Fsp3) is 0.949. The Hall–Kier alpha value is -1.94. The zero-order chi connectivity index (χ0) is 71.1. The highest BCUT2D eigenvalue weighted by molar-refractivity contribution is 7.47. The molecule has 19 heteroatoms. The predicted octanol–water partition coefficient (Wildman–Crippen LogP) is 23.4. The molecule has 5 atom stereocenters. The van der Waals surface area contributed by atoms with Crippen LogP contribution in [0.2, 0.25) is 0 Å². The van der Waals surface area contributed by atoms with Crippen LogP contribution in [0, 0.1) is 0 Å². The summed E-state index contributed by atoms with van der Waals surface area (Å²) in [7, 11) is -9.91. The summed E-state index contributed by atoms with van der Waals surface area (Å²) in [6.45, 7) is 5.00. The first-order valence-corrected chi connectivity index (χ1v) is 43.8. The first-order valence-electron chi connectivity index (χ1n) is 40.8.